The smallest absolute Gasteiger partial charge is 0.0634 e. The van der Waals surface area contributed by atoms with E-state index in [-0.39, 0.29) is 0 Å². The van der Waals surface area contributed by atoms with Gasteiger partial charge in [-0.2, -0.15) is 0 Å². The minimum atomic E-state index is 0.374. The Morgan fingerprint density at radius 1 is 1.33 bits per heavy atom. The highest BCUT2D eigenvalue weighted by atomic mass is 16.5. The summed E-state index contributed by atoms with van der Waals surface area (Å²) in [5.74, 6) is 0. The maximum absolute atomic E-state index is 5.73. The fourth-order valence-electron chi connectivity index (χ4n) is 1.93. The van der Waals surface area contributed by atoms with Gasteiger partial charge in [-0.25, -0.2) is 0 Å². The molecule has 0 saturated carbocycles. The van der Waals surface area contributed by atoms with Gasteiger partial charge in [-0.1, -0.05) is 30.3 Å². The number of nitrogens with zero attached hydrogens (tertiary/aromatic N) is 1. The highest BCUT2D eigenvalue weighted by Crippen LogP contribution is 2.11. The van der Waals surface area contributed by atoms with E-state index < -0.39 is 0 Å². The number of rotatable bonds is 3. The van der Waals surface area contributed by atoms with Gasteiger partial charge in [0, 0.05) is 25.7 Å². The Kier molecular flexibility index (Phi) is 3.72. The van der Waals surface area contributed by atoms with Crippen LogP contribution in [0.15, 0.2) is 30.3 Å². The summed E-state index contributed by atoms with van der Waals surface area (Å²) in [6.07, 6.45) is 0. The summed E-state index contributed by atoms with van der Waals surface area (Å²) in [5.41, 5.74) is 7.07. The third-order valence-corrected chi connectivity index (χ3v) is 2.85. The maximum atomic E-state index is 5.73. The topological polar surface area (TPSA) is 38.5 Å². The first-order valence-electron chi connectivity index (χ1n) is 5.46. The van der Waals surface area contributed by atoms with Gasteiger partial charge in [-0.3, -0.25) is 4.90 Å². The molecule has 1 atom stereocenters. The van der Waals surface area contributed by atoms with Gasteiger partial charge >= 0.3 is 0 Å². The molecule has 1 saturated heterocycles. The van der Waals surface area contributed by atoms with E-state index in [0.717, 1.165) is 26.3 Å². The van der Waals surface area contributed by atoms with Crippen molar-refractivity contribution in [2.45, 2.75) is 12.6 Å². The van der Waals surface area contributed by atoms with Crippen LogP contribution in [-0.4, -0.2) is 37.2 Å². The summed E-state index contributed by atoms with van der Waals surface area (Å²) < 4.78 is 5.42. The Morgan fingerprint density at radius 2 is 2.13 bits per heavy atom. The van der Waals surface area contributed by atoms with E-state index in [0.29, 0.717) is 12.6 Å². The zero-order valence-electron chi connectivity index (χ0n) is 8.93. The molecule has 1 heterocycles. The highest BCUT2D eigenvalue weighted by Gasteiger charge is 2.21. The van der Waals surface area contributed by atoms with Crippen LogP contribution in [0.4, 0.5) is 0 Å². The highest BCUT2D eigenvalue weighted by molar-refractivity contribution is 5.14. The monoisotopic (exact) mass is 206 g/mol. The molecule has 2 N–H and O–H groups in total. The first-order chi connectivity index (χ1) is 7.40. The van der Waals surface area contributed by atoms with Crippen LogP contribution in [0.5, 0.6) is 0 Å². The molecule has 0 unspecified atom stereocenters. The van der Waals surface area contributed by atoms with Crippen LogP contribution >= 0.6 is 0 Å². The predicted octanol–water partition coefficient (Wildman–Crippen LogP) is 0.846. The van der Waals surface area contributed by atoms with Crippen LogP contribution in [0.1, 0.15) is 5.56 Å². The van der Waals surface area contributed by atoms with Crippen molar-refractivity contribution in [2.75, 3.05) is 26.3 Å². The molecule has 0 bridgehead atoms. The second-order valence-electron chi connectivity index (χ2n) is 3.92. The average molecular weight is 206 g/mol. The summed E-state index contributed by atoms with van der Waals surface area (Å²) in [6.45, 7) is 4.22. The minimum Gasteiger partial charge on any atom is -0.378 e. The molecule has 0 radical (unpaired) electrons. The predicted molar refractivity (Wildman–Crippen MR) is 60.5 cm³/mol. The van der Waals surface area contributed by atoms with E-state index in [4.69, 9.17) is 10.5 Å². The van der Waals surface area contributed by atoms with Gasteiger partial charge in [0.25, 0.3) is 0 Å². The SMILES string of the molecule is NC[C@H]1COCCN1Cc1ccccc1. The Morgan fingerprint density at radius 3 is 2.87 bits per heavy atom. The lowest BCUT2D eigenvalue weighted by molar-refractivity contribution is -0.00792. The fraction of sp³-hybridized carbons (Fsp3) is 0.500. The normalized spacial score (nSPS) is 22.9. The minimum absolute atomic E-state index is 0.374. The summed E-state index contributed by atoms with van der Waals surface area (Å²) in [6, 6.07) is 10.9. The van der Waals surface area contributed by atoms with Gasteiger partial charge in [-0.05, 0) is 5.56 Å². The van der Waals surface area contributed by atoms with E-state index in [9.17, 15) is 0 Å². The van der Waals surface area contributed by atoms with Gasteiger partial charge in [0.1, 0.15) is 0 Å². The van der Waals surface area contributed by atoms with E-state index in [1.54, 1.807) is 0 Å². The first-order valence-corrected chi connectivity index (χ1v) is 5.46. The first kappa shape index (κ1) is 10.6. The van der Waals surface area contributed by atoms with Crippen molar-refractivity contribution < 1.29 is 4.74 Å². The van der Waals surface area contributed by atoms with Crippen LogP contribution < -0.4 is 5.73 Å². The number of benzene rings is 1. The molecule has 1 aromatic carbocycles. The largest absolute Gasteiger partial charge is 0.378 e. The molecule has 1 fully saturated rings. The number of morpholine rings is 1. The molecular weight excluding hydrogens is 188 g/mol. The number of nitrogens with two attached hydrogens (primary N) is 1. The second-order valence-corrected chi connectivity index (χ2v) is 3.92. The van der Waals surface area contributed by atoms with Crippen molar-refractivity contribution in [3.8, 4) is 0 Å². The summed E-state index contributed by atoms with van der Waals surface area (Å²) >= 11 is 0. The van der Waals surface area contributed by atoms with Gasteiger partial charge in [-0.15, -0.1) is 0 Å². The average Bonchev–Trinajstić information content (AvgIpc) is 2.31. The van der Waals surface area contributed by atoms with Crippen LogP contribution in [0.2, 0.25) is 0 Å². The van der Waals surface area contributed by atoms with Crippen molar-refractivity contribution in [2.24, 2.45) is 5.73 Å². The Balaban J connectivity index is 1.97. The molecule has 0 aromatic heterocycles. The van der Waals surface area contributed by atoms with Crippen LogP contribution in [0.25, 0.3) is 0 Å². The van der Waals surface area contributed by atoms with Gasteiger partial charge < -0.3 is 10.5 Å². The Bertz CT molecular complexity index is 289. The molecule has 1 aliphatic heterocycles. The van der Waals surface area contributed by atoms with Crippen molar-refractivity contribution in [1.82, 2.24) is 4.90 Å². The Labute approximate surface area is 90.8 Å². The zero-order valence-corrected chi connectivity index (χ0v) is 8.93. The van der Waals surface area contributed by atoms with Crippen molar-refractivity contribution in [3.63, 3.8) is 0 Å². The third-order valence-electron chi connectivity index (χ3n) is 2.85. The van der Waals surface area contributed by atoms with Crippen LogP contribution in [0, 0.1) is 0 Å². The van der Waals surface area contributed by atoms with Crippen molar-refractivity contribution in [3.05, 3.63) is 35.9 Å². The number of hydrogen-bond acceptors (Lipinski definition) is 3. The molecule has 2 rings (SSSR count). The van der Waals surface area contributed by atoms with Crippen molar-refractivity contribution >= 4 is 0 Å². The second kappa shape index (κ2) is 5.26. The molecule has 1 aromatic rings. The standard InChI is InChI=1S/C12H18N2O/c13-8-12-10-15-7-6-14(12)9-11-4-2-1-3-5-11/h1-5,12H,6-10,13H2/t12-/m0/s1. The third kappa shape index (κ3) is 2.78. The molecular formula is C12H18N2O. The van der Waals surface area contributed by atoms with E-state index >= 15 is 0 Å². The maximum Gasteiger partial charge on any atom is 0.0634 e. The fourth-order valence-corrected chi connectivity index (χ4v) is 1.93. The molecule has 3 heteroatoms. The van der Waals surface area contributed by atoms with E-state index in [1.807, 2.05) is 6.07 Å². The van der Waals surface area contributed by atoms with Crippen LogP contribution in [-0.2, 0) is 11.3 Å². The lowest BCUT2D eigenvalue weighted by Gasteiger charge is -2.34. The van der Waals surface area contributed by atoms with Crippen molar-refractivity contribution in [1.29, 1.82) is 0 Å². The van der Waals surface area contributed by atoms with Gasteiger partial charge in [0.2, 0.25) is 0 Å². The number of ether oxygens (including phenoxy) is 1. The Hall–Kier alpha value is -0.900. The van der Waals surface area contributed by atoms with Gasteiger partial charge in [0.05, 0.1) is 13.2 Å². The summed E-state index contributed by atoms with van der Waals surface area (Å²) in [5, 5.41) is 0. The molecule has 0 spiro atoms. The lowest BCUT2D eigenvalue weighted by Crippen LogP contribution is -2.48. The quantitative estimate of drug-likeness (QED) is 0.796. The molecule has 1 aliphatic rings. The zero-order chi connectivity index (χ0) is 10.5. The van der Waals surface area contributed by atoms with E-state index in [2.05, 4.69) is 29.2 Å². The molecule has 0 amide bonds. The molecule has 15 heavy (non-hydrogen) atoms. The molecule has 0 aliphatic carbocycles. The van der Waals surface area contributed by atoms with Crippen LogP contribution in [0.3, 0.4) is 0 Å². The molecule has 3 nitrogen and oxygen atoms in total. The number of hydrogen-bond donors (Lipinski definition) is 1. The van der Waals surface area contributed by atoms with Gasteiger partial charge in [0.15, 0.2) is 0 Å². The molecule has 82 valence electrons. The van der Waals surface area contributed by atoms with E-state index in [1.165, 1.54) is 5.56 Å². The summed E-state index contributed by atoms with van der Waals surface area (Å²) in [7, 11) is 0. The summed E-state index contributed by atoms with van der Waals surface area (Å²) in [4.78, 5) is 2.40. The lowest BCUT2D eigenvalue weighted by atomic mass is 10.1.